The number of carbonyl (C=O) groups is 7. The third kappa shape index (κ3) is 17.1. The lowest BCUT2D eigenvalue weighted by atomic mass is 9.94. The molecule has 17 nitrogen and oxygen atoms in total. The zero-order chi connectivity index (χ0) is 51.5. The number of amides is 6. The van der Waals surface area contributed by atoms with E-state index in [1.807, 2.05) is 71.9 Å². The van der Waals surface area contributed by atoms with Gasteiger partial charge in [0.2, 0.25) is 29.5 Å². The monoisotopic (exact) mass is 963 g/mol. The van der Waals surface area contributed by atoms with E-state index in [4.69, 9.17) is 9.57 Å². The number of esters is 1. The van der Waals surface area contributed by atoms with Crippen LogP contribution in [0.25, 0.3) is 10.9 Å². The number of carbonyl (C=O) groups excluding carboxylic acids is 7. The van der Waals surface area contributed by atoms with Crippen molar-refractivity contribution in [3.05, 3.63) is 36.0 Å². The molecule has 3 rings (SSSR count). The Kier molecular flexibility index (Phi) is 23.5. The Hall–Kier alpha value is -5.66. The molecule has 0 bridgehead atoms. The maximum atomic E-state index is 15.0. The number of hydrogen-bond donors (Lipinski definition) is 4. The van der Waals surface area contributed by atoms with Crippen LogP contribution in [0.2, 0.25) is 0 Å². The normalized spacial score (nSPS) is 24.0. The summed E-state index contributed by atoms with van der Waals surface area (Å²) >= 11 is 0. The highest BCUT2D eigenvalue weighted by molar-refractivity contribution is 5.98. The highest BCUT2D eigenvalue weighted by Crippen LogP contribution is 2.25. The van der Waals surface area contributed by atoms with Crippen LogP contribution in [0.5, 0.6) is 0 Å². The lowest BCUT2D eigenvalue weighted by Crippen LogP contribution is -2.60. The standard InChI is InChI=1S/C52H82N8O9/c1-13-15-20-34(7)28-40-47(62)54-39(26-32(3)4)46(61)56-41(27-33(5)6)51(66)59(11)44(30-37-31-60(68-12)43-23-18-17-22-38(37)43)48(63)57-42(29-35(8)21-16-14-2)50(65)58(10)36(9)52(67)69-45(24-19-25-53)49(64)55-40/h17-18,22-23,31-36,39-42,44-45H,13-16,19-21,24,26-30H2,1-12H3,(H,54,62)(H,55,64)(H,56,61)(H,57,63)/t34-,35-,36+,39+,40+,41+,42+,44+,45-/m1/s1. The predicted octanol–water partition coefficient (Wildman–Crippen LogP) is 5.61. The van der Waals surface area contributed by atoms with Crippen molar-refractivity contribution in [1.82, 2.24) is 35.8 Å². The van der Waals surface area contributed by atoms with Crippen LogP contribution in [-0.2, 0) is 44.7 Å². The molecule has 2 aromatic rings. The molecular weight excluding hydrogens is 881 g/mol. The van der Waals surface area contributed by atoms with Gasteiger partial charge in [0.05, 0.1) is 11.6 Å². The van der Waals surface area contributed by atoms with Gasteiger partial charge >= 0.3 is 5.97 Å². The predicted molar refractivity (Wildman–Crippen MR) is 265 cm³/mol. The number of aromatic nitrogens is 1. The molecule has 69 heavy (non-hydrogen) atoms. The van der Waals surface area contributed by atoms with Gasteiger partial charge in [0.1, 0.15) is 43.4 Å². The molecule has 2 heterocycles. The van der Waals surface area contributed by atoms with Gasteiger partial charge in [0, 0.05) is 44.9 Å². The molecule has 1 saturated heterocycles. The number of nitriles is 1. The van der Waals surface area contributed by atoms with Crippen LogP contribution in [0, 0.1) is 35.0 Å². The van der Waals surface area contributed by atoms with Crippen molar-refractivity contribution < 1.29 is 43.1 Å². The first-order valence-corrected chi connectivity index (χ1v) is 25.1. The molecule has 384 valence electrons. The number of para-hydroxylation sites is 1. The lowest BCUT2D eigenvalue weighted by Gasteiger charge is -2.34. The highest BCUT2D eigenvalue weighted by Gasteiger charge is 2.40. The number of ether oxygens (including phenoxy) is 1. The smallest absolute Gasteiger partial charge is 0.329 e. The second-order valence-corrected chi connectivity index (χ2v) is 20.1. The molecule has 17 heteroatoms. The third-order valence-electron chi connectivity index (χ3n) is 13.1. The summed E-state index contributed by atoms with van der Waals surface area (Å²) in [5, 5.41) is 21.9. The summed E-state index contributed by atoms with van der Waals surface area (Å²) in [5.74, 6) is -5.05. The zero-order valence-corrected chi connectivity index (χ0v) is 43.4. The van der Waals surface area contributed by atoms with Gasteiger partial charge in [-0.2, -0.15) is 9.99 Å². The highest BCUT2D eigenvalue weighted by atomic mass is 16.6. The summed E-state index contributed by atoms with van der Waals surface area (Å²) in [6, 6.07) is 2.41. The van der Waals surface area contributed by atoms with Crippen molar-refractivity contribution in [1.29, 1.82) is 5.26 Å². The molecule has 0 saturated carbocycles. The van der Waals surface area contributed by atoms with Crippen LogP contribution in [0.3, 0.4) is 0 Å². The Bertz CT molecular complexity index is 2080. The molecule has 0 spiro atoms. The summed E-state index contributed by atoms with van der Waals surface area (Å²) < 4.78 is 7.37. The third-order valence-corrected chi connectivity index (χ3v) is 13.1. The number of rotatable bonds is 19. The van der Waals surface area contributed by atoms with Crippen molar-refractivity contribution in [2.24, 2.45) is 23.7 Å². The van der Waals surface area contributed by atoms with E-state index in [9.17, 15) is 29.2 Å². The summed E-state index contributed by atoms with van der Waals surface area (Å²) in [7, 11) is 4.44. The Morgan fingerprint density at radius 3 is 1.75 bits per heavy atom. The maximum Gasteiger partial charge on any atom is 0.329 e. The Morgan fingerprint density at radius 1 is 0.696 bits per heavy atom. The number of likely N-dealkylation sites (N-methyl/N-ethyl adjacent to an activating group) is 2. The summed E-state index contributed by atoms with van der Waals surface area (Å²) in [6.45, 7) is 17.1. The van der Waals surface area contributed by atoms with Gasteiger partial charge in [0.25, 0.3) is 5.91 Å². The Balaban J connectivity index is 2.30. The number of unbranched alkanes of at least 4 members (excludes halogenated alkanes) is 2. The van der Waals surface area contributed by atoms with Gasteiger partial charge in [-0.25, -0.2) is 4.79 Å². The fourth-order valence-electron chi connectivity index (χ4n) is 8.89. The summed E-state index contributed by atoms with van der Waals surface area (Å²) in [4.78, 5) is 110. The van der Waals surface area contributed by atoms with E-state index in [0.717, 1.165) is 49.4 Å². The number of nitrogens with zero attached hydrogens (tertiary/aromatic N) is 4. The number of benzene rings is 1. The van der Waals surface area contributed by atoms with Gasteiger partial charge in [-0.1, -0.05) is 112 Å². The van der Waals surface area contributed by atoms with Gasteiger partial charge in [-0.3, -0.25) is 28.8 Å². The van der Waals surface area contributed by atoms with E-state index in [0.29, 0.717) is 5.56 Å². The van der Waals surface area contributed by atoms with Crippen LogP contribution in [-0.4, -0.2) is 120 Å². The fourth-order valence-corrected chi connectivity index (χ4v) is 8.89. The van der Waals surface area contributed by atoms with Gasteiger partial charge in [-0.15, -0.1) is 0 Å². The molecule has 0 aliphatic carbocycles. The summed E-state index contributed by atoms with van der Waals surface area (Å²) in [5.41, 5.74) is 1.42. The molecule has 1 fully saturated rings. The number of nitrogens with one attached hydrogen (secondary N) is 4. The number of cyclic esters (lactones) is 1. The molecule has 1 aromatic heterocycles. The molecular formula is C52H82N8O9. The number of hydrogen-bond acceptors (Lipinski definition) is 10. The van der Waals surface area contributed by atoms with E-state index in [2.05, 4.69) is 35.1 Å². The van der Waals surface area contributed by atoms with E-state index >= 15 is 9.59 Å². The molecule has 4 N–H and O–H groups in total. The largest absolute Gasteiger partial charge is 0.451 e. The SMILES string of the molecule is CCCC[C@@H](C)C[C@@H]1NC(=O)[C@@H](CCC#N)OC(=O)[C@H](C)N(C)C(=O)[C@H](C[C@H](C)CCCC)NC(=O)[C@H](Cc2cn(OC)c3ccccc23)N(C)C(=O)[C@H](CC(C)C)NC(=O)[C@H](CC(C)C)NC1=O. The summed E-state index contributed by atoms with van der Waals surface area (Å²) in [6.07, 6.45) is 5.80. The minimum absolute atomic E-state index is 0.00658. The van der Waals surface area contributed by atoms with E-state index in [1.54, 1.807) is 10.9 Å². The van der Waals surface area contributed by atoms with E-state index in [1.165, 1.54) is 37.9 Å². The van der Waals surface area contributed by atoms with Crippen molar-refractivity contribution in [2.45, 2.75) is 188 Å². The van der Waals surface area contributed by atoms with Crippen LogP contribution in [0.1, 0.15) is 145 Å². The maximum absolute atomic E-state index is 15.0. The van der Waals surface area contributed by atoms with Crippen LogP contribution in [0.4, 0.5) is 0 Å². The first-order valence-electron chi connectivity index (χ1n) is 25.1. The van der Waals surface area contributed by atoms with Crippen molar-refractivity contribution in [3.8, 4) is 6.07 Å². The average Bonchev–Trinajstić information content (AvgIpc) is 3.67. The van der Waals surface area contributed by atoms with Crippen molar-refractivity contribution in [3.63, 3.8) is 0 Å². The second-order valence-electron chi connectivity index (χ2n) is 20.1. The molecule has 1 aliphatic rings. The average molecular weight is 963 g/mol. The molecule has 0 unspecified atom stereocenters. The first-order chi connectivity index (χ1) is 32.7. The van der Waals surface area contributed by atoms with Gasteiger partial charge in [-0.05, 0) is 67.9 Å². The second kappa shape index (κ2) is 28.1. The quantitative estimate of drug-likeness (QED) is 0.128. The minimum atomic E-state index is -1.50. The fraction of sp³-hybridized carbons (Fsp3) is 0.692. The Labute approximate surface area is 410 Å². The number of fused-ring (bicyclic) bond motifs is 1. The minimum Gasteiger partial charge on any atom is -0.451 e. The van der Waals surface area contributed by atoms with Crippen molar-refractivity contribution >= 4 is 52.3 Å². The lowest BCUT2D eigenvalue weighted by molar-refractivity contribution is -0.163. The zero-order valence-electron chi connectivity index (χ0n) is 43.4. The van der Waals surface area contributed by atoms with Gasteiger partial charge < -0.3 is 40.6 Å². The molecule has 1 aliphatic heterocycles. The Morgan fingerprint density at radius 2 is 1.19 bits per heavy atom. The van der Waals surface area contributed by atoms with Crippen LogP contribution >= 0.6 is 0 Å². The molecule has 0 radical (unpaired) electrons. The molecule has 9 atom stereocenters. The van der Waals surface area contributed by atoms with Gasteiger partial charge in [0.15, 0.2) is 6.10 Å². The van der Waals surface area contributed by atoms with Crippen LogP contribution in [0.15, 0.2) is 30.5 Å². The molecule has 1 aromatic carbocycles. The van der Waals surface area contributed by atoms with E-state index < -0.39 is 83.8 Å². The molecule has 6 amide bonds. The van der Waals surface area contributed by atoms with Crippen LogP contribution < -0.4 is 26.1 Å². The first kappa shape index (κ1) is 57.7. The van der Waals surface area contributed by atoms with Crippen molar-refractivity contribution in [2.75, 3.05) is 21.2 Å². The topological polar surface area (TPSA) is 221 Å². The van der Waals surface area contributed by atoms with E-state index in [-0.39, 0.29) is 68.6 Å².